The Balaban J connectivity index is 1.69. The summed E-state index contributed by atoms with van der Waals surface area (Å²) < 4.78 is 4.96. The van der Waals surface area contributed by atoms with Crippen LogP contribution in [-0.4, -0.2) is 23.4 Å². The lowest BCUT2D eigenvalue weighted by atomic mass is 9.95. The second-order valence-electron chi connectivity index (χ2n) is 5.18. The van der Waals surface area contributed by atoms with E-state index < -0.39 is 0 Å². The molecule has 1 aliphatic heterocycles. The Labute approximate surface area is 142 Å². The zero-order valence-corrected chi connectivity index (χ0v) is 13.7. The molecule has 23 heavy (non-hydrogen) atoms. The fourth-order valence-corrected chi connectivity index (χ4v) is 2.58. The topological polar surface area (TPSA) is 76.7 Å². The van der Waals surface area contributed by atoms with E-state index >= 15 is 0 Å². The number of rotatable bonds is 4. The van der Waals surface area contributed by atoms with Crippen LogP contribution in [0.2, 0.25) is 10.0 Å². The minimum atomic E-state index is -0.204. The van der Waals surface area contributed by atoms with Gasteiger partial charge in [0.2, 0.25) is 11.8 Å². The van der Waals surface area contributed by atoms with Crippen LogP contribution >= 0.6 is 23.2 Å². The zero-order chi connectivity index (χ0) is 16.4. The van der Waals surface area contributed by atoms with Crippen LogP contribution in [0, 0.1) is 12.8 Å². The van der Waals surface area contributed by atoms with Gasteiger partial charge in [-0.1, -0.05) is 39.6 Å². The predicted molar refractivity (Wildman–Crippen MR) is 86.9 cm³/mol. The molecule has 8 heteroatoms. The summed E-state index contributed by atoms with van der Waals surface area (Å²) in [5.41, 5.74) is 2.15. The Hall–Kier alpha value is -2.05. The molecule has 1 amide bonds. The molecule has 0 radical (unpaired) electrons. The van der Waals surface area contributed by atoms with E-state index in [2.05, 4.69) is 15.6 Å². The molecule has 2 heterocycles. The smallest absolute Gasteiger partial charge is 0.231 e. The van der Waals surface area contributed by atoms with Gasteiger partial charge in [-0.2, -0.15) is 0 Å². The summed E-state index contributed by atoms with van der Waals surface area (Å²) >= 11 is 11.9. The van der Waals surface area contributed by atoms with E-state index in [9.17, 15) is 4.79 Å². The van der Waals surface area contributed by atoms with Gasteiger partial charge in [-0.25, -0.2) is 0 Å². The second kappa shape index (κ2) is 6.60. The molecule has 1 unspecified atom stereocenters. The summed E-state index contributed by atoms with van der Waals surface area (Å²) in [6, 6.07) is 6.85. The van der Waals surface area contributed by atoms with Gasteiger partial charge < -0.3 is 9.36 Å². The van der Waals surface area contributed by atoms with Crippen LogP contribution in [0.15, 0.2) is 33.9 Å². The van der Waals surface area contributed by atoms with Crippen molar-refractivity contribution in [2.75, 3.05) is 11.9 Å². The van der Waals surface area contributed by atoms with E-state index in [4.69, 9.17) is 32.6 Å². The third kappa shape index (κ3) is 3.65. The number of carbonyl (C=O) groups excluding carboxylic acids is 1. The highest BCUT2D eigenvalue weighted by Gasteiger charge is 2.28. The number of aromatic nitrogens is 1. The summed E-state index contributed by atoms with van der Waals surface area (Å²) in [6.45, 7) is 2.11. The lowest BCUT2D eigenvalue weighted by molar-refractivity contribution is -0.117. The van der Waals surface area contributed by atoms with Gasteiger partial charge in [0.05, 0.1) is 27.4 Å². The quantitative estimate of drug-likeness (QED) is 0.909. The fourth-order valence-electron chi connectivity index (χ4n) is 2.28. The minimum absolute atomic E-state index is 0.170. The van der Waals surface area contributed by atoms with Crippen LogP contribution < -0.4 is 5.32 Å². The first-order valence-electron chi connectivity index (χ1n) is 6.91. The van der Waals surface area contributed by atoms with Crippen molar-refractivity contribution >= 4 is 40.7 Å². The van der Waals surface area contributed by atoms with E-state index in [1.165, 1.54) is 0 Å². The van der Waals surface area contributed by atoms with Gasteiger partial charge in [-0.15, -0.1) is 0 Å². The molecule has 1 aliphatic rings. The van der Waals surface area contributed by atoms with Crippen LogP contribution in [0.1, 0.15) is 17.7 Å². The monoisotopic (exact) mass is 353 g/mol. The SMILES string of the molecule is Cc1cc(NC(=O)CC2CON=C2c2ccc(Cl)c(Cl)c2)on1. The number of hydrogen-bond donors (Lipinski definition) is 1. The highest BCUT2D eigenvalue weighted by molar-refractivity contribution is 6.42. The summed E-state index contributed by atoms with van der Waals surface area (Å²) in [5, 5.41) is 11.3. The molecule has 1 aromatic heterocycles. The standard InChI is InChI=1S/C15H13Cl2N3O3/c1-8-4-14(23-19-8)18-13(21)6-10-7-22-20-15(10)9-2-3-11(16)12(17)5-9/h2-5,10H,6-7H2,1H3,(H,18,21). The summed E-state index contributed by atoms with van der Waals surface area (Å²) in [4.78, 5) is 17.3. The second-order valence-corrected chi connectivity index (χ2v) is 6.00. The average molecular weight is 354 g/mol. The van der Waals surface area contributed by atoms with Crippen molar-refractivity contribution in [3.8, 4) is 0 Å². The van der Waals surface area contributed by atoms with Gasteiger partial charge in [0.25, 0.3) is 0 Å². The molecular weight excluding hydrogens is 341 g/mol. The fraction of sp³-hybridized carbons (Fsp3) is 0.267. The first-order chi connectivity index (χ1) is 11.0. The maximum atomic E-state index is 12.1. The molecule has 1 aromatic carbocycles. The van der Waals surface area contributed by atoms with Crippen molar-refractivity contribution < 1.29 is 14.2 Å². The average Bonchev–Trinajstić information content (AvgIpc) is 3.11. The van der Waals surface area contributed by atoms with Crippen molar-refractivity contribution in [3.05, 3.63) is 45.6 Å². The van der Waals surface area contributed by atoms with E-state index in [1.807, 2.05) is 0 Å². The van der Waals surface area contributed by atoms with E-state index in [0.717, 1.165) is 5.56 Å². The number of benzene rings is 1. The minimum Gasteiger partial charge on any atom is -0.395 e. The molecule has 2 aromatic rings. The first-order valence-corrected chi connectivity index (χ1v) is 7.67. The Morgan fingerprint density at radius 2 is 2.17 bits per heavy atom. The summed E-state index contributed by atoms with van der Waals surface area (Å²) in [7, 11) is 0. The van der Waals surface area contributed by atoms with Crippen LogP contribution in [0.25, 0.3) is 0 Å². The number of nitrogens with zero attached hydrogens (tertiary/aromatic N) is 2. The highest BCUT2D eigenvalue weighted by Crippen LogP contribution is 2.27. The van der Waals surface area contributed by atoms with E-state index in [-0.39, 0.29) is 18.2 Å². The van der Waals surface area contributed by atoms with Gasteiger partial charge in [-0.05, 0) is 19.1 Å². The van der Waals surface area contributed by atoms with E-state index in [0.29, 0.717) is 33.9 Å². The molecular formula is C15H13Cl2N3O3. The number of anilines is 1. The van der Waals surface area contributed by atoms with Crippen LogP contribution in [0.4, 0.5) is 5.88 Å². The molecule has 0 saturated heterocycles. The number of aryl methyl sites for hydroxylation is 1. The molecule has 0 aliphatic carbocycles. The molecule has 6 nitrogen and oxygen atoms in total. The van der Waals surface area contributed by atoms with Crippen molar-refractivity contribution in [3.63, 3.8) is 0 Å². The van der Waals surface area contributed by atoms with Crippen LogP contribution in [0.3, 0.4) is 0 Å². The lowest BCUT2D eigenvalue weighted by Gasteiger charge is -2.10. The number of halogens is 2. The molecule has 120 valence electrons. The molecule has 0 fully saturated rings. The van der Waals surface area contributed by atoms with Gasteiger partial charge >= 0.3 is 0 Å². The number of oxime groups is 1. The van der Waals surface area contributed by atoms with Crippen molar-refractivity contribution in [2.45, 2.75) is 13.3 Å². The van der Waals surface area contributed by atoms with Gasteiger partial charge in [0.1, 0.15) is 6.61 Å². The number of amides is 1. The molecule has 3 rings (SSSR count). The summed E-state index contributed by atoms with van der Waals surface area (Å²) in [6.07, 6.45) is 0.207. The van der Waals surface area contributed by atoms with Gasteiger partial charge in [-0.3, -0.25) is 10.1 Å². The largest absolute Gasteiger partial charge is 0.395 e. The van der Waals surface area contributed by atoms with Crippen LogP contribution in [-0.2, 0) is 9.63 Å². The predicted octanol–water partition coefficient (Wildman–Crippen LogP) is 3.67. The first kappa shape index (κ1) is 15.8. The third-order valence-electron chi connectivity index (χ3n) is 3.36. The molecule has 1 N–H and O–H groups in total. The number of hydrogen-bond acceptors (Lipinski definition) is 5. The number of nitrogens with one attached hydrogen (secondary N) is 1. The molecule has 1 atom stereocenters. The van der Waals surface area contributed by atoms with Crippen molar-refractivity contribution in [2.24, 2.45) is 11.1 Å². The van der Waals surface area contributed by atoms with Crippen molar-refractivity contribution in [1.29, 1.82) is 0 Å². The lowest BCUT2D eigenvalue weighted by Crippen LogP contribution is -2.22. The Morgan fingerprint density at radius 3 is 2.87 bits per heavy atom. The third-order valence-corrected chi connectivity index (χ3v) is 4.10. The maximum absolute atomic E-state index is 12.1. The normalized spacial score (nSPS) is 16.8. The van der Waals surface area contributed by atoms with Crippen molar-refractivity contribution in [1.82, 2.24) is 5.16 Å². The zero-order valence-electron chi connectivity index (χ0n) is 12.2. The molecule has 0 spiro atoms. The maximum Gasteiger partial charge on any atom is 0.231 e. The van der Waals surface area contributed by atoms with Gasteiger partial charge in [0, 0.05) is 18.1 Å². The molecule has 0 saturated carbocycles. The number of carbonyl (C=O) groups is 1. The molecule has 0 bridgehead atoms. The van der Waals surface area contributed by atoms with Gasteiger partial charge in [0.15, 0.2) is 0 Å². The Bertz CT molecular complexity index is 773. The van der Waals surface area contributed by atoms with Crippen LogP contribution in [0.5, 0.6) is 0 Å². The van der Waals surface area contributed by atoms with E-state index in [1.54, 1.807) is 31.2 Å². The highest BCUT2D eigenvalue weighted by atomic mass is 35.5. The Kier molecular flexibility index (Phi) is 4.54. The summed E-state index contributed by atoms with van der Waals surface area (Å²) in [5.74, 6) is -0.0555. The Morgan fingerprint density at radius 1 is 1.35 bits per heavy atom.